The van der Waals surface area contributed by atoms with Gasteiger partial charge in [-0.05, 0) is 51.0 Å². The van der Waals surface area contributed by atoms with Gasteiger partial charge in [-0.2, -0.15) is 0 Å². The molecule has 0 aliphatic carbocycles. The molecule has 0 radical (unpaired) electrons. The molecular weight excluding hydrogens is 488 g/mol. The number of methoxy groups -OCH3 is 3. The standard InChI is InChI=1S/C17H14O4.C13H16O4/c1-19-13-10-6-9-12-14(18)17(20-2)15(21-16(12)13)11-7-4-3-5-8-11;1-13(2)7-6-8-10(17-13)5-4-9(12(14)15)11(8)16-3/h3-10H,1-2H3;4-5H,6-7H2,1-3H3,(H,14,15). The zero-order valence-corrected chi connectivity index (χ0v) is 22.0. The van der Waals surface area contributed by atoms with Crippen LogP contribution in [0.4, 0.5) is 0 Å². The average Bonchev–Trinajstić information content (AvgIpc) is 2.92. The number of carboxylic acid groups (broad SMARTS) is 1. The van der Waals surface area contributed by atoms with Gasteiger partial charge in [0.25, 0.3) is 0 Å². The fourth-order valence-corrected chi connectivity index (χ4v) is 4.42. The van der Waals surface area contributed by atoms with Crippen molar-refractivity contribution in [2.75, 3.05) is 21.3 Å². The molecule has 2 heterocycles. The first-order valence-corrected chi connectivity index (χ1v) is 12.1. The lowest BCUT2D eigenvalue weighted by Crippen LogP contribution is -2.32. The van der Waals surface area contributed by atoms with Crippen molar-refractivity contribution in [3.8, 4) is 34.3 Å². The molecule has 0 spiro atoms. The Morgan fingerprint density at radius 2 is 1.61 bits per heavy atom. The Kier molecular flexibility index (Phi) is 7.62. The molecule has 0 bridgehead atoms. The first-order chi connectivity index (χ1) is 18.2. The molecule has 198 valence electrons. The zero-order valence-electron chi connectivity index (χ0n) is 22.0. The molecule has 0 saturated heterocycles. The summed E-state index contributed by atoms with van der Waals surface area (Å²) in [5, 5.41) is 9.52. The third kappa shape index (κ3) is 5.16. The fraction of sp³-hybridized carbons (Fsp3) is 0.267. The van der Waals surface area contributed by atoms with E-state index >= 15 is 0 Å². The lowest BCUT2D eigenvalue weighted by molar-refractivity contribution is 0.0690. The van der Waals surface area contributed by atoms with Crippen LogP contribution in [0.2, 0.25) is 0 Å². The van der Waals surface area contributed by atoms with Crippen LogP contribution in [0.5, 0.6) is 23.0 Å². The van der Waals surface area contributed by atoms with Crippen LogP contribution in [0.3, 0.4) is 0 Å². The molecule has 0 atom stereocenters. The molecule has 8 nitrogen and oxygen atoms in total. The minimum atomic E-state index is -0.977. The average molecular weight is 519 g/mol. The quantitative estimate of drug-likeness (QED) is 0.344. The predicted molar refractivity (Wildman–Crippen MR) is 144 cm³/mol. The molecule has 0 unspecified atom stereocenters. The van der Waals surface area contributed by atoms with Crippen molar-refractivity contribution in [3.05, 3.63) is 82.0 Å². The molecule has 0 fully saturated rings. The first-order valence-electron chi connectivity index (χ1n) is 12.1. The Balaban J connectivity index is 0.000000181. The molecule has 1 N–H and O–H groups in total. The van der Waals surface area contributed by atoms with Crippen molar-refractivity contribution in [1.82, 2.24) is 0 Å². The van der Waals surface area contributed by atoms with Gasteiger partial charge in [-0.15, -0.1) is 0 Å². The van der Waals surface area contributed by atoms with Crippen molar-refractivity contribution in [1.29, 1.82) is 0 Å². The van der Waals surface area contributed by atoms with Crippen LogP contribution in [-0.2, 0) is 6.42 Å². The van der Waals surface area contributed by atoms with Crippen LogP contribution in [0.1, 0.15) is 36.2 Å². The Morgan fingerprint density at radius 1 is 0.895 bits per heavy atom. The Hall–Kier alpha value is -4.46. The maximum Gasteiger partial charge on any atom is 0.339 e. The number of ether oxygens (including phenoxy) is 4. The Bertz CT molecular complexity index is 1520. The van der Waals surface area contributed by atoms with Crippen LogP contribution in [0.25, 0.3) is 22.3 Å². The van der Waals surface area contributed by atoms with Gasteiger partial charge in [0.1, 0.15) is 22.7 Å². The number of rotatable bonds is 5. The van der Waals surface area contributed by atoms with Crippen LogP contribution >= 0.6 is 0 Å². The topological polar surface area (TPSA) is 104 Å². The summed E-state index contributed by atoms with van der Waals surface area (Å²) in [6.07, 6.45) is 1.62. The van der Waals surface area contributed by atoms with Gasteiger partial charge >= 0.3 is 5.97 Å². The van der Waals surface area contributed by atoms with Gasteiger partial charge in [0.15, 0.2) is 17.1 Å². The highest BCUT2D eigenvalue weighted by molar-refractivity contribution is 5.92. The molecule has 0 amide bonds. The van der Waals surface area contributed by atoms with Crippen LogP contribution in [0.15, 0.2) is 69.9 Å². The zero-order chi connectivity index (χ0) is 27.4. The highest BCUT2D eigenvalue weighted by atomic mass is 16.5. The minimum Gasteiger partial charge on any atom is -0.495 e. The number of para-hydroxylation sites is 1. The van der Waals surface area contributed by atoms with Crippen molar-refractivity contribution in [2.24, 2.45) is 0 Å². The number of hydrogen-bond acceptors (Lipinski definition) is 7. The van der Waals surface area contributed by atoms with E-state index < -0.39 is 5.97 Å². The molecule has 1 aliphatic heterocycles. The summed E-state index contributed by atoms with van der Waals surface area (Å²) < 4.78 is 27.5. The van der Waals surface area contributed by atoms with Gasteiger partial charge in [-0.3, -0.25) is 4.79 Å². The molecule has 38 heavy (non-hydrogen) atoms. The van der Waals surface area contributed by atoms with E-state index in [1.54, 1.807) is 31.4 Å². The maximum atomic E-state index is 12.6. The van der Waals surface area contributed by atoms with Crippen molar-refractivity contribution in [2.45, 2.75) is 32.3 Å². The lowest BCUT2D eigenvalue weighted by atomic mass is 9.92. The second kappa shape index (κ2) is 10.9. The number of carbonyl (C=O) groups is 1. The van der Waals surface area contributed by atoms with Crippen molar-refractivity contribution >= 4 is 16.9 Å². The van der Waals surface area contributed by atoms with Gasteiger partial charge in [-0.25, -0.2) is 4.79 Å². The monoisotopic (exact) mass is 518 g/mol. The fourth-order valence-electron chi connectivity index (χ4n) is 4.42. The molecule has 3 aromatic carbocycles. The van der Waals surface area contributed by atoms with Gasteiger partial charge in [0.2, 0.25) is 11.2 Å². The van der Waals surface area contributed by atoms with E-state index in [2.05, 4.69) is 0 Å². The summed E-state index contributed by atoms with van der Waals surface area (Å²) in [5.74, 6) is 1.29. The highest BCUT2D eigenvalue weighted by Crippen LogP contribution is 2.40. The SMILES string of the molecule is COc1c(-c2ccccc2)oc2c(OC)cccc2c1=O.COc1c(C(=O)O)ccc2c1CCC(C)(C)O2. The van der Waals surface area contributed by atoms with E-state index in [0.717, 1.165) is 29.7 Å². The number of carboxylic acids is 1. The highest BCUT2D eigenvalue weighted by Gasteiger charge is 2.30. The molecule has 5 rings (SSSR count). The van der Waals surface area contributed by atoms with Gasteiger partial charge in [0.05, 0.1) is 26.7 Å². The Labute approximate surface area is 220 Å². The lowest BCUT2D eigenvalue weighted by Gasteiger charge is -2.33. The smallest absolute Gasteiger partial charge is 0.339 e. The third-order valence-corrected chi connectivity index (χ3v) is 6.32. The number of aromatic carboxylic acids is 1. The van der Waals surface area contributed by atoms with E-state index in [0.29, 0.717) is 28.2 Å². The first kappa shape index (κ1) is 26.6. The second-order valence-corrected chi connectivity index (χ2v) is 9.29. The predicted octanol–water partition coefficient (Wildman–Crippen LogP) is 5.97. The van der Waals surface area contributed by atoms with Crippen LogP contribution in [-0.4, -0.2) is 38.0 Å². The molecule has 1 aromatic heterocycles. The van der Waals surface area contributed by atoms with Crippen LogP contribution in [0, 0.1) is 0 Å². The van der Waals surface area contributed by atoms with E-state index in [1.165, 1.54) is 20.3 Å². The van der Waals surface area contributed by atoms with Crippen LogP contribution < -0.4 is 24.4 Å². The van der Waals surface area contributed by atoms with E-state index in [9.17, 15) is 9.59 Å². The van der Waals surface area contributed by atoms with Gasteiger partial charge in [0, 0.05) is 11.1 Å². The van der Waals surface area contributed by atoms with Crippen molar-refractivity contribution < 1.29 is 33.3 Å². The summed E-state index contributed by atoms with van der Waals surface area (Å²) in [4.78, 5) is 23.7. The second-order valence-electron chi connectivity index (χ2n) is 9.29. The molecule has 8 heteroatoms. The van der Waals surface area contributed by atoms with E-state index in [1.807, 2.05) is 44.2 Å². The summed E-state index contributed by atoms with van der Waals surface area (Å²) in [7, 11) is 4.49. The number of fused-ring (bicyclic) bond motifs is 2. The maximum absolute atomic E-state index is 12.6. The van der Waals surface area contributed by atoms with Gasteiger partial charge in [-0.1, -0.05) is 36.4 Å². The third-order valence-electron chi connectivity index (χ3n) is 6.32. The summed E-state index contributed by atoms with van der Waals surface area (Å²) in [6, 6.07) is 17.8. The van der Waals surface area contributed by atoms with E-state index in [-0.39, 0.29) is 22.3 Å². The molecule has 4 aromatic rings. The largest absolute Gasteiger partial charge is 0.495 e. The van der Waals surface area contributed by atoms with Crippen molar-refractivity contribution in [3.63, 3.8) is 0 Å². The molecular formula is C30H30O8. The molecule has 0 saturated carbocycles. The summed E-state index contributed by atoms with van der Waals surface area (Å²) in [6.45, 7) is 4.04. The molecule has 1 aliphatic rings. The van der Waals surface area contributed by atoms with E-state index in [4.69, 9.17) is 28.5 Å². The minimum absolute atomic E-state index is 0.189. The summed E-state index contributed by atoms with van der Waals surface area (Å²) >= 11 is 0. The summed E-state index contributed by atoms with van der Waals surface area (Å²) in [5.41, 5.74) is 1.82. The van der Waals surface area contributed by atoms with Gasteiger partial charge < -0.3 is 28.5 Å². The normalized spacial score (nSPS) is 13.4. The number of benzene rings is 3. The number of hydrogen-bond donors (Lipinski definition) is 1. The Morgan fingerprint density at radius 3 is 2.24 bits per heavy atom.